The Kier molecular flexibility index (Phi) is 7.49. The van der Waals surface area contributed by atoms with E-state index in [1.807, 2.05) is 60.5 Å². The van der Waals surface area contributed by atoms with Crippen LogP contribution < -0.4 is 0 Å². The first-order chi connectivity index (χ1) is 14.6. The quantitative estimate of drug-likeness (QED) is 0.476. The van der Waals surface area contributed by atoms with Crippen LogP contribution in [0.25, 0.3) is 0 Å². The normalized spacial score (nSPS) is 16.0. The molecule has 0 aliphatic carbocycles. The highest BCUT2D eigenvalue weighted by Crippen LogP contribution is 2.19. The number of Topliss-reactive ketones (excluding diaryl/α,β-unsaturated/α-hetero) is 1. The monoisotopic (exact) mass is 405 g/mol. The molecule has 6 nitrogen and oxygen atoms in total. The third-order valence-electron chi connectivity index (χ3n) is 5.07. The summed E-state index contributed by atoms with van der Waals surface area (Å²) >= 11 is 0. The molecule has 0 aromatic heterocycles. The van der Waals surface area contributed by atoms with Crippen LogP contribution in [-0.2, 0) is 9.59 Å². The van der Waals surface area contributed by atoms with Crippen LogP contribution in [0.3, 0.4) is 0 Å². The maximum atomic E-state index is 11.1. The van der Waals surface area contributed by atoms with Crippen LogP contribution in [0.5, 0.6) is 0 Å². The summed E-state index contributed by atoms with van der Waals surface area (Å²) in [6.07, 6.45) is 3.30. The molecule has 0 fully saturated rings. The van der Waals surface area contributed by atoms with E-state index in [0.29, 0.717) is 6.42 Å². The van der Waals surface area contributed by atoms with E-state index in [2.05, 4.69) is 12.1 Å². The van der Waals surface area contributed by atoms with E-state index < -0.39 is 11.8 Å². The molecule has 0 bridgehead atoms. The first-order valence-corrected chi connectivity index (χ1v) is 10.4. The molecule has 0 saturated carbocycles. The van der Waals surface area contributed by atoms with Crippen molar-refractivity contribution in [1.29, 1.82) is 0 Å². The van der Waals surface area contributed by atoms with E-state index in [-0.39, 0.29) is 12.6 Å². The van der Waals surface area contributed by atoms with Crippen LogP contribution in [-0.4, -0.2) is 46.0 Å². The maximum absolute atomic E-state index is 11.1. The fourth-order valence-corrected chi connectivity index (χ4v) is 3.43. The molecular formula is C24H27N3O3. The standard InChI is InChI=1S/C24H27N3O3/c1-18-25-22(19-12-6-4-7-13-19)23(20-14-8-5-9-15-20)26-27(18)17-11-3-2-10-16-21(28)24(29)30/h4-9,12-15,18H,2-3,10-11,16-17H2,1H3,(H,29,30). The van der Waals surface area contributed by atoms with Gasteiger partial charge in [-0.25, -0.2) is 4.79 Å². The first-order valence-electron chi connectivity index (χ1n) is 10.4. The summed E-state index contributed by atoms with van der Waals surface area (Å²) in [5.74, 6) is -2.05. The van der Waals surface area contributed by atoms with Crippen molar-refractivity contribution in [3.05, 3.63) is 71.8 Å². The van der Waals surface area contributed by atoms with Crippen LogP contribution in [0.2, 0.25) is 0 Å². The molecule has 0 radical (unpaired) electrons. The number of hydrogen-bond donors (Lipinski definition) is 1. The lowest BCUT2D eigenvalue weighted by molar-refractivity contribution is -0.149. The van der Waals surface area contributed by atoms with Gasteiger partial charge in [0.1, 0.15) is 11.9 Å². The Balaban J connectivity index is 1.65. The van der Waals surface area contributed by atoms with Gasteiger partial charge < -0.3 is 5.11 Å². The second kappa shape index (κ2) is 10.5. The largest absolute Gasteiger partial charge is 0.476 e. The predicted octanol–water partition coefficient (Wildman–Crippen LogP) is 4.15. The number of aliphatic imine (C=N–C) groups is 1. The highest BCUT2D eigenvalue weighted by molar-refractivity contribution is 6.53. The molecule has 1 unspecified atom stereocenters. The van der Waals surface area contributed by atoms with Crippen molar-refractivity contribution in [2.45, 2.75) is 45.2 Å². The highest BCUT2D eigenvalue weighted by atomic mass is 16.4. The van der Waals surface area contributed by atoms with E-state index in [4.69, 9.17) is 15.2 Å². The predicted molar refractivity (Wildman–Crippen MR) is 118 cm³/mol. The van der Waals surface area contributed by atoms with Crippen LogP contribution in [0, 0.1) is 0 Å². The smallest absolute Gasteiger partial charge is 0.372 e. The fraction of sp³-hybridized carbons (Fsp3) is 0.333. The number of hydrazone groups is 1. The van der Waals surface area contributed by atoms with E-state index in [9.17, 15) is 9.59 Å². The molecule has 156 valence electrons. The number of rotatable bonds is 10. The number of carboxylic acid groups (broad SMARTS) is 1. The van der Waals surface area contributed by atoms with Crippen LogP contribution in [0.1, 0.15) is 50.2 Å². The molecule has 0 saturated heterocycles. The Morgan fingerprint density at radius 2 is 1.43 bits per heavy atom. The number of hydrogen-bond acceptors (Lipinski definition) is 5. The van der Waals surface area contributed by atoms with E-state index in [1.165, 1.54) is 0 Å². The number of benzene rings is 2. The van der Waals surface area contributed by atoms with Gasteiger partial charge in [0, 0.05) is 24.1 Å². The summed E-state index contributed by atoms with van der Waals surface area (Å²) in [5, 5.41) is 15.6. The second-order valence-electron chi connectivity index (χ2n) is 7.35. The summed E-state index contributed by atoms with van der Waals surface area (Å²) in [6.45, 7) is 2.80. The molecule has 1 aliphatic heterocycles. The SMILES string of the molecule is CC1N=C(c2ccccc2)C(c2ccccc2)=NN1CCCCCCC(=O)C(=O)O. The van der Waals surface area contributed by atoms with Crippen molar-refractivity contribution in [1.82, 2.24) is 5.01 Å². The Hall–Kier alpha value is -3.28. The van der Waals surface area contributed by atoms with Crippen molar-refractivity contribution < 1.29 is 14.7 Å². The fourth-order valence-electron chi connectivity index (χ4n) is 3.43. The molecule has 0 amide bonds. The topological polar surface area (TPSA) is 82.3 Å². The third kappa shape index (κ3) is 5.63. The Morgan fingerprint density at radius 1 is 0.867 bits per heavy atom. The van der Waals surface area contributed by atoms with Gasteiger partial charge in [0.2, 0.25) is 5.78 Å². The van der Waals surface area contributed by atoms with E-state index >= 15 is 0 Å². The lowest BCUT2D eigenvalue weighted by Gasteiger charge is -2.30. The summed E-state index contributed by atoms with van der Waals surface area (Å²) < 4.78 is 0. The minimum Gasteiger partial charge on any atom is -0.476 e. The summed E-state index contributed by atoms with van der Waals surface area (Å²) in [4.78, 5) is 26.7. The molecule has 0 spiro atoms. The Morgan fingerprint density at radius 3 is 2.03 bits per heavy atom. The van der Waals surface area contributed by atoms with Crippen molar-refractivity contribution in [2.75, 3.05) is 6.54 Å². The van der Waals surface area contributed by atoms with Gasteiger partial charge in [-0.3, -0.25) is 14.8 Å². The van der Waals surface area contributed by atoms with Crippen LogP contribution in [0.15, 0.2) is 70.8 Å². The van der Waals surface area contributed by atoms with E-state index in [1.54, 1.807) is 0 Å². The number of unbranched alkanes of at least 4 members (excludes halogenated alkanes) is 3. The molecule has 6 heteroatoms. The van der Waals surface area contributed by atoms with Crippen molar-refractivity contribution in [2.24, 2.45) is 10.1 Å². The van der Waals surface area contributed by atoms with Crippen LogP contribution >= 0.6 is 0 Å². The van der Waals surface area contributed by atoms with Crippen molar-refractivity contribution >= 4 is 23.2 Å². The first kappa shape index (κ1) is 21.4. The zero-order chi connectivity index (χ0) is 21.3. The molecule has 1 atom stereocenters. The zero-order valence-electron chi connectivity index (χ0n) is 17.2. The third-order valence-corrected chi connectivity index (χ3v) is 5.07. The Labute approximate surface area is 176 Å². The van der Waals surface area contributed by atoms with Crippen molar-refractivity contribution in [3.8, 4) is 0 Å². The highest BCUT2D eigenvalue weighted by Gasteiger charge is 2.24. The number of carboxylic acids is 1. The molecule has 2 aromatic rings. The number of nitrogens with zero attached hydrogens (tertiary/aromatic N) is 3. The molecule has 1 N–H and O–H groups in total. The zero-order valence-corrected chi connectivity index (χ0v) is 17.2. The molecule has 3 rings (SSSR count). The summed E-state index contributed by atoms with van der Waals surface area (Å²) in [7, 11) is 0. The lowest BCUT2D eigenvalue weighted by atomic mass is 9.99. The second-order valence-corrected chi connectivity index (χ2v) is 7.35. The number of ketones is 1. The van der Waals surface area contributed by atoms with E-state index in [0.717, 1.165) is 48.4 Å². The Bertz CT molecular complexity index is 923. The number of aliphatic carboxylic acids is 1. The van der Waals surface area contributed by atoms with Crippen LogP contribution in [0.4, 0.5) is 0 Å². The molecule has 2 aromatic carbocycles. The van der Waals surface area contributed by atoms with Gasteiger partial charge in [-0.2, -0.15) is 5.10 Å². The van der Waals surface area contributed by atoms with Gasteiger partial charge in [-0.05, 0) is 19.8 Å². The molecule has 30 heavy (non-hydrogen) atoms. The molecule has 1 aliphatic rings. The summed E-state index contributed by atoms with van der Waals surface area (Å²) in [6, 6.07) is 20.2. The van der Waals surface area contributed by atoms with Gasteiger partial charge in [-0.15, -0.1) is 0 Å². The molecular weight excluding hydrogens is 378 g/mol. The average Bonchev–Trinajstić information content (AvgIpc) is 2.77. The number of carbonyl (C=O) groups excluding carboxylic acids is 1. The van der Waals surface area contributed by atoms with Gasteiger partial charge in [0.25, 0.3) is 0 Å². The lowest BCUT2D eigenvalue weighted by Crippen LogP contribution is -2.37. The average molecular weight is 405 g/mol. The van der Waals surface area contributed by atoms with Gasteiger partial charge in [0.15, 0.2) is 0 Å². The summed E-state index contributed by atoms with van der Waals surface area (Å²) in [5.41, 5.74) is 3.85. The van der Waals surface area contributed by atoms with Gasteiger partial charge in [-0.1, -0.05) is 73.5 Å². The van der Waals surface area contributed by atoms with Crippen molar-refractivity contribution in [3.63, 3.8) is 0 Å². The van der Waals surface area contributed by atoms with Gasteiger partial charge >= 0.3 is 5.97 Å². The van der Waals surface area contributed by atoms with Gasteiger partial charge in [0.05, 0.1) is 5.71 Å². The molecule has 1 heterocycles. The maximum Gasteiger partial charge on any atom is 0.372 e. The minimum atomic E-state index is -1.34. The minimum absolute atomic E-state index is 0.0683. The number of carbonyl (C=O) groups is 2.